The minimum absolute atomic E-state index is 0.171. The van der Waals surface area contributed by atoms with Crippen LogP contribution in [0.4, 0.5) is 0 Å². The van der Waals surface area contributed by atoms with Gasteiger partial charge < -0.3 is 4.74 Å². The lowest BCUT2D eigenvalue weighted by atomic mass is 10.2. The molecule has 2 aromatic carbocycles. The summed E-state index contributed by atoms with van der Waals surface area (Å²) in [4.78, 5) is 12.3. The van der Waals surface area contributed by atoms with Crippen molar-refractivity contribution in [3.8, 4) is 11.8 Å². The Morgan fingerprint density at radius 1 is 1.00 bits per heavy atom. The highest BCUT2D eigenvalue weighted by molar-refractivity contribution is 7.89. The number of carbonyl (C=O) groups is 1. The van der Waals surface area contributed by atoms with Gasteiger partial charge in [0, 0.05) is 13.1 Å². The molecule has 3 rings (SSSR count). The average molecular weight is 356 g/mol. The lowest BCUT2D eigenvalue weighted by Crippen LogP contribution is -2.27. The third kappa shape index (κ3) is 3.71. The number of hydrogen-bond donors (Lipinski definition) is 0. The highest BCUT2D eigenvalue weighted by Gasteiger charge is 2.27. The van der Waals surface area contributed by atoms with Gasteiger partial charge in [-0.3, -0.25) is 0 Å². The number of carbonyl (C=O) groups excluding carboxylic acids is 1. The highest BCUT2D eigenvalue weighted by Crippen LogP contribution is 2.21. The van der Waals surface area contributed by atoms with Gasteiger partial charge in [-0.25, -0.2) is 13.2 Å². The van der Waals surface area contributed by atoms with E-state index in [4.69, 9.17) is 10.00 Å². The van der Waals surface area contributed by atoms with Gasteiger partial charge in [-0.15, -0.1) is 0 Å². The van der Waals surface area contributed by atoms with Crippen LogP contribution >= 0.6 is 0 Å². The molecule has 0 spiro atoms. The fraction of sp³-hybridized carbons (Fsp3) is 0.222. The van der Waals surface area contributed by atoms with E-state index in [1.807, 2.05) is 6.07 Å². The maximum absolute atomic E-state index is 12.5. The van der Waals surface area contributed by atoms with Crippen molar-refractivity contribution >= 4 is 16.0 Å². The molecule has 1 fully saturated rings. The van der Waals surface area contributed by atoms with Crippen LogP contribution in [0.2, 0.25) is 0 Å². The molecule has 2 aromatic rings. The summed E-state index contributed by atoms with van der Waals surface area (Å²) in [6.45, 7) is 1.07. The maximum Gasteiger partial charge on any atom is 0.343 e. The van der Waals surface area contributed by atoms with Crippen LogP contribution < -0.4 is 4.74 Å². The van der Waals surface area contributed by atoms with E-state index in [0.717, 1.165) is 12.8 Å². The van der Waals surface area contributed by atoms with Crippen molar-refractivity contribution in [2.45, 2.75) is 17.7 Å². The molecule has 0 saturated carbocycles. The predicted molar refractivity (Wildman–Crippen MR) is 90.6 cm³/mol. The van der Waals surface area contributed by atoms with Gasteiger partial charge in [0.1, 0.15) is 5.75 Å². The molecule has 1 aliphatic rings. The Bertz CT molecular complexity index is 907. The number of nitrogens with zero attached hydrogens (tertiary/aromatic N) is 2. The molecule has 6 nitrogen and oxygen atoms in total. The van der Waals surface area contributed by atoms with Crippen LogP contribution in [0.15, 0.2) is 53.4 Å². The van der Waals surface area contributed by atoms with Crippen molar-refractivity contribution in [3.63, 3.8) is 0 Å². The maximum atomic E-state index is 12.5. The molecule has 25 heavy (non-hydrogen) atoms. The second-order valence-corrected chi connectivity index (χ2v) is 7.60. The largest absolute Gasteiger partial charge is 0.423 e. The summed E-state index contributed by atoms with van der Waals surface area (Å²) in [5, 5.41) is 8.75. The quantitative estimate of drug-likeness (QED) is 0.621. The van der Waals surface area contributed by atoms with Crippen molar-refractivity contribution in [1.82, 2.24) is 4.31 Å². The summed E-state index contributed by atoms with van der Waals surface area (Å²) in [5.41, 5.74) is 0.723. The first-order chi connectivity index (χ1) is 12.0. The molecule has 0 radical (unpaired) electrons. The van der Waals surface area contributed by atoms with Gasteiger partial charge >= 0.3 is 5.97 Å². The molecule has 1 aliphatic heterocycles. The van der Waals surface area contributed by atoms with Crippen molar-refractivity contribution < 1.29 is 17.9 Å². The summed E-state index contributed by atoms with van der Waals surface area (Å²) in [6.07, 6.45) is 1.74. The highest BCUT2D eigenvalue weighted by atomic mass is 32.2. The summed E-state index contributed by atoms with van der Waals surface area (Å²) in [6, 6.07) is 13.9. The van der Waals surface area contributed by atoms with Crippen LogP contribution in [0.1, 0.15) is 28.8 Å². The van der Waals surface area contributed by atoms with Crippen LogP contribution in [0.3, 0.4) is 0 Å². The van der Waals surface area contributed by atoms with E-state index >= 15 is 0 Å². The number of ether oxygens (including phenoxy) is 1. The number of rotatable bonds is 4. The molecular weight excluding hydrogens is 340 g/mol. The number of hydrogen-bond acceptors (Lipinski definition) is 5. The third-order valence-electron chi connectivity index (χ3n) is 3.99. The zero-order valence-electron chi connectivity index (χ0n) is 13.4. The summed E-state index contributed by atoms with van der Waals surface area (Å²) in [7, 11) is -3.50. The topological polar surface area (TPSA) is 87.5 Å². The predicted octanol–water partition coefficient (Wildman–Crippen LogP) is 2.56. The van der Waals surface area contributed by atoms with Crippen LogP contribution in [0.25, 0.3) is 0 Å². The molecule has 0 unspecified atom stereocenters. The second-order valence-electron chi connectivity index (χ2n) is 5.66. The van der Waals surface area contributed by atoms with E-state index in [2.05, 4.69) is 0 Å². The normalized spacial score (nSPS) is 14.8. The molecular formula is C18H16N2O4S. The molecule has 0 amide bonds. The van der Waals surface area contributed by atoms with E-state index < -0.39 is 16.0 Å². The van der Waals surface area contributed by atoms with E-state index in [-0.39, 0.29) is 10.5 Å². The zero-order valence-corrected chi connectivity index (χ0v) is 14.2. The Kier molecular flexibility index (Phi) is 4.83. The third-order valence-corrected chi connectivity index (χ3v) is 5.90. The molecule has 0 aliphatic carbocycles. The van der Waals surface area contributed by atoms with E-state index in [0.29, 0.717) is 24.4 Å². The SMILES string of the molecule is N#Cc1ccc(OC(=O)c2ccc(S(=O)(=O)N3CCCC3)cc2)cc1. The van der Waals surface area contributed by atoms with Crippen molar-refractivity contribution in [3.05, 3.63) is 59.7 Å². The number of esters is 1. The Morgan fingerprint density at radius 3 is 2.16 bits per heavy atom. The zero-order chi connectivity index (χ0) is 17.9. The standard InChI is InChI=1S/C18H16N2O4S/c19-13-14-3-7-16(8-4-14)24-18(21)15-5-9-17(10-6-15)25(22,23)20-11-1-2-12-20/h3-10H,1-2,11-12H2. The van der Waals surface area contributed by atoms with Gasteiger partial charge in [-0.05, 0) is 61.4 Å². The molecule has 0 N–H and O–H groups in total. The molecule has 0 aromatic heterocycles. The molecule has 0 bridgehead atoms. The lowest BCUT2D eigenvalue weighted by molar-refractivity contribution is 0.0734. The van der Waals surface area contributed by atoms with Gasteiger partial charge in [0.05, 0.1) is 22.1 Å². The Morgan fingerprint density at radius 2 is 1.60 bits per heavy atom. The molecule has 0 atom stereocenters. The second kappa shape index (κ2) is 7.05. The Balaban J connectivity index is 1.73. The molecule has 128 valence electrons. The molecule has 1 saturated heterocycles. The number of sulfonamides is 1. The van der Waals surface area contributed by atoms with Crippen LogP contribution in [0.5, 0.6) is 5.75 Å². The number of benzene rings is 2. The van der Waals surface area contributed by atoms with Crippen molar-refractivity contribution in [1.29, 1.82) is 5.26 Å². The molecule has 7 heteroatoms. The smallest absolute Gasteiger partial charge is 0.343 e. The van der Waals surface area contributed by atoms with Crippen molar-refractivity contribution in [2.24, 2.45) is 0 Å². The van der Waals surface area contributed by atoms with Gasteiger partial charge in [-0.2, -0.15) is 9.57 Å². The lowest BCUT2D eigenvalue weighted by Gasteiger charge is -2.15. The van der Waals surface area contributed by atoms with Crippen molar-refractivity contribution in [2.75, 3.05) is 13.1 Å². The first-order valence-electron chi connectivity index (χ1n) is 7.83. The minimum Gasteiger partial charge on any atom is -0.423 e. The summed E-state index contributed by atoms with van der Waals surface area (Å²) < 4.78 is 31.6. The van der Waals surface area contributed by atoms with Gasteiger partial charge in [-0.1, -0.05) is 0 Å². The van der Waals surface area contributed by atoms with Gasteiger partial charge in [0.2, 0.25) is 10.0 Å². The summed E-state index contributed by atoms with van der Waals surface area (Å²) in [5.74, 6) is -0.271. The Labute approximate surface area is 146 Å². The van der Waals surface area contributed by atoms with Crippen LogP contribution in [-0.2, 0) is 10.0 Å². The first kappa shape index (κ1) is 17.1. The van der Waals surface area contributed by atoms with Gasteiger partial charge in [0.15, 0.2) is 0 Å². The molecule has 1 heterocycles. The first-order valence-corrected chi connectivity index (χ1v) is 9.27. The van der Waals surface area contributed by atoms with E-state index in [1.54, 1.807) is 12.1 Å². The van der Waals surface area contributed by atoms with E-state index in [1.165, 1.54) is 40.7 Å². The average Bonchev–Trinajstić information content (AvgIpc) is 3.18. The van der Waals surface area contributed by atoms with Gasteiger partial charge in [0.25, 0.3) is 0 Å². The van der Waals surface area contributed by atoms with Crippen LogP contribution in [-0.4, -0.2) is 31.8 Å². The fourth-order valence-electron chi connectivity index (χ4n) is 2.60. The minimum atomic E-state index is -3.50. The Hall–Kier alpha value is -2.69. The van der Waals surface area contributed by atoms with Crippen LogP contribution in [0, 0.1) is 11.3 Å². The number of nitriles is 1. The van der Waals surface area contributed by atoms with E-state index in [9.17, 15) is 13.2 Å². The summed E-state index contributed by atoms with van der Waals surface area (Å²) >= 11 is 0. The monoisotopic (exact) mass is 356 g/mol. The fourth-order valence-corrected chi connectivity index (χ4v) is 4.12.